The van der Waals surface area contributed by atoms with Gasteiger partial charge < -0.3 is 5.11 Å². The third-order valence-electron chi connectivity index (χ3n) is 1.97. The van der Waals surface area contributed by atoms with Crippen molar-refractivity contribution in [3.63, 3.8) is 0 Å². The maximum Gasteiger partial charge on any atom is 0.223 e. The van der Waals surface area contributed by atoms with Crippen molar-refractivity contribution in [2.45, 2.75) is 6.92 Å². The lowest BCUT2D eigenvalue weighted by Gasteiger charge is -2.02. The molecule has 0 aliphatic heterocycles. The number of hydrogen-bond donors (Lipinski definition) is 1. The van der Waals surface area contributed by atoms with Crippen LogP contribution in [-0.4, -0.2) is 15.1 Å². The lowest BCUT2D eigenvalue weighted by Crippen LogP contribution is -1.90. The number of aromatic hydroxyl groups is 1. The van der Waals surface area contributed by atoms with Gasteiger partial charge in [-0.1, -0.05) is 12.1 Å². The average Bonchev–Trinajstić information content (AvgIpc) is 2.16. The zero-order valence-electron chi connectivity index (χ0n) is 8.11. The molecule has 0 unspecified atom stereocenters. The summed E-state index contributed by atoms with van der Waals surface area (Å²) < 4.78 is 0. The summed E-state index contributed by atoms with van der Waals surface area (Å²) in [4.78, 5) is 8.06. The van der Waals surface area contributed by atoms with E-state index < -0.39 is 0 Å². The molecule has 4 heteroatoms. The van der Waals surface area contributed by atoms with Crippen LogP contribution < -0.4 is 0 Å². The number of phenolic OH excluding ortho intramolecular Hbond substituents is 1. The number of rotatable bonds is 1. The first-order valence-corrected chi connectivity index (χ1v) is 4.83. The van der Waals surface area contributed by atoms with Gasteiger partial charge in [0.1, 0.15) is 5.75 Å². The zero-order valence-corrected chi connectivity index (χ0v) is 8.86. The van der Waals surface area contributed by atoms with Gasteiger partial charge in [-0.2, -0.15) is 0 Å². The molecule has 1 heterocycles. The topological polar surface area (TPSA) is 46.0 Å². The number of hydrogen-bond acceptors (Lipinski definition) is 3. The highest BCUT2D eigenvalue weighted by Gasteiger charge is 2.03. The Balaban J connectivity index is 2.54. The van der Waals surface area contributed by atoms with E-state index in [0.717, 1.165) is 11.3 Å². The normalized spacial score (nSPS) is 10.3. The number of aryl methyl sites for hydroxylation is 1. The summed E-state index contributed by atoms with van der Waals surface area (Å²) in [7, 11) is 0. The second kappa shape index (κ2) is 3.87. The first-order chi connectivity index (χ1) is 7.15. The largest absolute Gasteiger partial charge is 0.508 e. The lowest BCUT2D eigenvalue weighted by molar-refractivity contribution is 0.475. The van der Waals surface area contributed by atoms with E-state index in [2.05, 4.69) is 9.97 Å². The van der Waals surface area contributed by atoms with E-state index >= 15 is 0 Å². The third kappa shape index (κ3) is 2.25. The molecule has 0 radical (unpaired) electrons. The Morgan fingerprint density at radius 1 is 1.20 bits per heavy atom. The van der Waals surface area contributed by atoms with Crippen LogP contribution in [0, 0.1) is 6.92 Å². The van der Waals surface area contributed by atoms with Gasteiger partial charge in [0.2, 0.25) is 5.28 Å². The Bertz CT molecular complexity index is 479. The number of phenols is 1. The molecule has 15 heavy (non-hydrogen) atoms. The molecule has 2 aromatic rings. The quantitative estimate of drug-likeness (QED) is 0.752. The van der Waals surface area contributed by atoms with Gasteiger partial charge in [0.15, 0.2) is 0 Å². The fraction of sp³-hybridized carbons (Fsp3) is 0.0909. The van der Waals surface area contributed by atoms with Gasteiger partial charge >= 0.3 is 0 Å². The molecule has 0 fully saturated rings. The van der Waals surface area contributed by atoms with Crippen molar-refractivity contribution in [2.24, 2.45) is 0 Å². The summed E-state index contributed by atoms with van der Waals surface area (Å²) in [5, 5.41) is 9.55. The minimum atomic E-state index is 0.208. The summed E-state index contributed by atoms with van der Waals surface area (Å²) in [5.74, 6) is 0.208. The van der Waals surface area contributed by atoms with E-state index in [1.54, 1.807) is 18.2 Å². The number of halogens is 1. The molecule has 0 aliphatic carbocycles. The predicted octanol–water partition coefficient (Wildman–Crippen LogP) is 2.81. The van der Waals surface area contributed by atoms with Crippen LogP contribution in [0.15, 0.2) is 30.3 Å². The fourth-order valence-corrected chi connectivity index (χ4v) is 1.57. The van der Waals surface area contributed by atoms with E-state index in [1.165, 1.54) is 0 Å². The summed E-state index contributed by atoms with van der Waals surface area (Å²) in [6.45, 7) is 1.85. The van der Waals surface area contributed by atoms with Crippen LogP contribution in [-0.2, 0) is 0 Å². The van der Waals surface area contributed by atoms with Gasteiger partial charge in [0, 0.05) is 11.3 Å². The highest BCUT2D eigenvalue weighted by molar-refractivity contribution is 6.28. The van der Waals surface area contributed by atoms with Gasteiger partial charge in [0.25, 0.3) is 0 Å². The molecule has 1 N–H and O–H groups in total. The zero-order chi connectivity index (χ0) is 10.8. The lowest BCUT2D eigenvalue weighted by atomic mass is 10.1. The molecule has 3 nitrogen and oxygen atoms in total. The second-order valence-electron chi connectivity index (χ2n) is 3.21. The molecule has 0 aliphatic rings. The molecule has 0 saturated heterocycles. The molecule has 2 rings (SSSR count). The van der Waals surface area contributed by atoms with E-state index in [4.69, 9.17) is 11.6 Å². The van der Waals surface area contributed by atoms with E-state index in [1.807, 2.05) is 19.1 Å². The molecule has 0 atom stereocenters. The Morgan fingerprint density at radius 2 is 2.00 bits per heavy atom. The average molecular weight is 221 g/mol. The monoisotopic (exact) mass is 220 g/mol. The van der Waals surface area contributed by atoms with Crippen LogP contribution in [0.25, 0.3) is 11.3 Å². The molecule has 76 valence electrons. The highest BCUT2D eigenvalue weighted by Crippen LogP contribution is 2.22. The minimum absolute atomic E-state index is 0.208. The Morgan fingerprint density at radius 3 is 2.67 bits per heavy atom. The van der Waals surface area contributed by atoms with Gasteiger partial charge in [-0.25, -0.2) is 9.97 Å². The van der Waals surface area contributed by atoms with Crippen molar-refractivity contribution in [2.75, 3.05) is 0 Å². The van der Waals surface area contributed by atoms with Gasteiger partial charge in [0.05, 0.1) is 5.69 Å². The molecular weight excluding hydrogens is 212 g/mol. The molecule has 0 saturated carbocycles. The Hall–Kier alpha value is -1.61. The summed E-state index contributed by atoms with van der Waals surface area (Å²) in [6, 6.07) is 8.69. The van der Waals surface area contributed by atoms with E-state index in [9.17, 15) is 5.11 Å². The molecule has 0 amide bonds. The summed E-state index contributed by atoms with van der Waals surface area (Å²) >= 11 is 5.76. The Labute approximate surface area is 92.4 Å². The van der Waals surface area contributed by atoms with Gasteiger partial charge in [-0.05, 0) is 36.7 Å². The third-order valence-corrected chi connectivity index (χ3v) is 2.14. The molecule has 0 spiro atoms. The van der Waals surface area contributed by atoms with Crippen molar-refractivity contribution in [1.82, 2.24) is 9.97 Å². The first-order valence-electron chi connectivity index (χ1n) is 4.46. The molecular formula is C11H9ClN2O. The molecule has 1 aromatic heterocycles. The number of benzene rings is 1. The van der Waals surface area contributed by atoms with Crippen molar-refractivity contribution in [1.29, 1.82) is 0 Å². The van der Waals surface area contributed by atoms with E-state index in [0.29, 0.717) is 5.69 Å². The Kier molecular flexibility index (Phi) is 2.56. The highest BCUT2D eigenvalue weighted by atomic mass is 35.5. The van der Waals surface area contributed by atoms with Crippen molar-refractivity contribution in [3.05, 3.63) is 41.3 Å². The van der Waals surface area contributed by atoms with Crippen molar-refractivity contribution >= 4 is 11.6 Å². The van der Waals surface area contributed by atoms with Crippen molar-refractivity contribution < 1.29 is 5.11 Å². The fourth-order valence-electron chi connectivity index (χ4n) is 1.35. The predicted molar refractivity (Wildman–Crippen MR) is 58.9 cm³/mol. The first kappa shape index (κ1) is 9.93. The standard InChI is InChI=1S/C11H9ClN2O/c1-7-5-10(14-11(12)13-7)8-3-2-4-9(15)6-8/h2-6,15H,1H3. The minimum Gasteiger partial charge on any atom is -0.508 e. The summed E-state index contributed by atoms with van der Waals surface area (Å²) in [5.41, 5.74) is 2.33. The maximum atomic E-state index is 9.34. The number of nitrogens with zero attached hydrogens (tertiary/aromatic N) is 2. The van der Waals surface area contributed by atoms with Crippen LogP contribution in [0.2, 0.25) is 5.28 Å². The van der Waals surface area contributed by atoms with Crippen molar-refractivity contribution in [3.8, 4) is 17.0 Å². The van der Waals surface area contributed by atoms with Crippen LogP contribution in [0.3, 0.4) is 0 Å². The van der Waals surface area contributed by atoms with Gasteiger partial charge in [-0.15, -0.1) is 0 Å². The van der Waals surface area contributed by atoms with E-state index in [-0.39, 0.29) is 11.0 Å². The second-order valence-corrected chi connectivity index (χ2v) is 3.55. The number of aromatic nitrogens is 2. The maximum absolute atomic E-state index is 9.34. The van der Waals surface area contributed by atoms with Crippen LogP contribution in [0.4, 0.5) is 0 Å². The van der Waals surface area contributed by atoms with Gasteiger partial charge in [-0.3, -0.25) is 0 Å². The van der Waals surface area contributed by atoms with Crippen LogP contribution >= 0.6 is 11.6 Å². The summed E-state index contributed by atoms with van der Waals surface area (Å²) in [6.07, 6.45) is 0. The smallest absolute Gasteiger partial charge is 0.223 e. The molecule has 1 aromatic carbocycles. The van der Waals surface area contributed by atoms with Crippen LogP contribution in [0.5, 0.6) is 5.75 Å². The SMILES string of the molecule is Cc1cc(-c2cccc(O)c2)nc(Cl)n1. The van der Waals surface area contributed by atoms with Crippen LogP contribution in [0.1, 0.15) is 5.69 Å². The molecule has 0 bridgehead atoms.